The Kier molecular flexibility index (Phi) is 6.13. The number of nitrogens with zero attached hydrogens (tertiary/aromatic N) is 3. The van der Waals surface area contributed by atoms with Crippen molar-refractivity contribution in [1.29, 1.82) is 0 Å². The van der Waals surface area contributed by atoms with Gasteiger partial charge in [0.1, 0.15) is 11.6 Å². The largest absolute Gasteiger partial charge is 0.353 e. The average molecular weight is 378 g/mol. The number of nitrogens with one attached hydrogen (secondary N) is 1. The highest BCUT2D eigenvalue weighted by Gasteiger charge is 2.22. The van der Waals surface area contributed by atoms with Crippen molar-refractivity contribution in [2.45, 2.75) is 44.8 Å². The maximum absolute atomic E-state index is 13.0. The summed E-state index contributed by atoms with van der Waals surface area (Å²) in [4.78, 5) is 24.5. The number of aryl methyl sites for hydroxylation is 1. The minimum atomic E-state index is -0.299. The molecule has 140 valence electrons. The molecule has 0 aliphatic carbocycles. The van der Waals surface area contributed by atoms with Crippen LogP contribution in [-0.4, -0.2) is 38.3 Å². The summed E-state index contributed by atoms with van der Waals surface area (Å²) >= 11 is 1.65. The van der Waals surface area contributed by atoms with Gasteiger partial charge in [-0.2, -0.15) is 16.9 Å². The summed E-state index contributed by atoms with van der Waals surface area (Å²) in [5.74, 6) is 1.33. The molecule has 2 heterocycles. The van der Waals surface area contributed by atoms with Crippen molar-refractivity contribution in [3.8, 4) is 0 Å². The topological polar surface area (TPSA) is 68.9 Å². The molecule has 0 radical (unpaired) electrons. The Morgan fingerprint density at radius 3 is 2.85 bits per heavy atom. The van der Waals surface area contributed by atoms with Gasteiger partial charge in [-0.05, 0) is 36.8 Å². The van der Waals surface area contributed by atoms with Crippen molar-refractivity contribution in [1.82, 2.24) is 19.7 Å². The predicted molar refractivity (Wildman–Crippen MR) is 99.9 cm³/mol. The van der Waals surface area contributed by atoms with Gasteiger partial charge in [-0.15, -0.1) is 0 Å². The number of carbonyl (C=O) groups is 1. The standard InChI is InChI=1S/C18H23FN4O2S/c1-26-11-9-17(24)20-15-6-7-16-21-23(18(25)22(16)10-8-15)12-13-2-4-14(19)5-3-13/h2-5,15H,6-12H2,1H3,(H,20,24). The van der Waals surface area contributed by atoms with Gasteiger partial charge in [-0.3, -0.25) is 9.36 Å². The van der Waals surface area contributed by atoms with Gasteiger partial charge in [0.15, 0.2) is 0 Å². The average Bonchev–Trinajstić information content (AvgIpc) is 2.79. The second-order valence-corrected chi connectivity index (χ2v) is 7.45. The molecule has 1 unspecified atom stereocenters. The fraction of sp³-hybridized carbons (Fsp3) is 0.500. The van der Waals surface area contributed by atoms with E-state index in [9.17, 15) is 14.0 Å². The lowest BCUT2D eigenvalue weighted by Gasteiger charge is -2.15. The van der Waals surface area contributed by atoms with E-state index in [0.29, 0.717) is 25.9 Å². The van der Waals surface area contributed by atoms with Gasteiger partial charge in [0.2, 0.25) is 5.91 Å². The van der Waals surface area contributed by atoms with E-state index in [2.05, 4.69) is 10.4 Å². The first kappa shape index (κ1) is 18.7. The van der Waals surface area contributed by atoms with Crippen molar-refractivity contribution in [2.24, 2.45) is 0 Å². The van der Waals surface area contributed by atoms with Gasteiger partial charge in [-0.1, -0.05) is 12.1 Å². The quantitative estimate of drug-likeness (QED) is 0.832. The van der Waals surface area contributed by atoms with Gasteiger partial charge < -0.3 is 5.32 Å². The zero-order valence-corrected chi connectivity index (χ0v) is 15.6. The van der Waals surface area contributed by atoms with Crippen LogP contribution in [0.15, 0.2) is 29.1 Å². The van der Waals surface area contributed by atoms with Crippen LogP contribution in [0.4, 0.5) is 4.39 Å². The second kappa shape index (κ2) is 8.53. The molecule has 1 aliphatic rings. The summed E-state index contributed by atoms with van der Waals surface area (Å²) < 4.78 is 16.1. The van der Waals surface area contributed by atoms with Crippen molar-refractivity contribution in [3.63, 3.8) is 0 Å². The van der Waals surface area contributed by atoms with Gasteiger partial charge in [0.25, 0.3) is 0 Å². The maximum atomic E-state index is 13.0. The summed E-state index contributed by atoms with van der Waals surface area (Å²) in [6.07, 6.45) is 4.65. The molecule has 1 aliphatic heterocycles. The minimum absolute atomic E-state index is 0.0672. The third-order valence-electron chi connectivity index (χ3n) is 4.56. The lowest BCUT2D eigenvalue weighted by Crippen LogP contribution is -2.36. The Hall–Kier alpha value is -2.09. The highest BCUT2D eigenvalue weighted by atomic mass is 32.2. The molecular formula is C18H23FN4O2S. The summed E-state index contributed by atoms with van der Waals surface area (Å²) in [5, 5.41) is 7.51. The smallest absolute Gasteiger partial charge is 0.346 e. The molecule has 26 heavy (non-hydrogen) atoms. The SMILES string of the molecule is CSCCC(=O)NC1CCc2nn(Cc3ccc(F)cc3)c(=O)n2CC1. The predicted octanol–water partition coefficient (Wildman–Crippen LogP) is 1.81. The number of carbonyl (C=O) groups excluding carboxylic acids is 1. The van der Waals surface area contributed by atoms with Crippen LogP contribution in [0.2, 0.25) is 0 Å². The number of fused-ring (bicyclic) bond motifs is 1. The molecule has 0 saturated heterocycles. The van der Waals surface area contributed by atoms with E-state index in [0.717, 1.165) is 30.0 Å². The van der Waals surface area contributed by atoms with Crippen LogP contribution in [0.5, 0.6) is 0 Å². The first-order chi connectivity index (χ1) is 12.6. The third-order valence-corrected chi connectivity index (χ3v) is 5.17. The summed E-state index contributed by atoms with van der Waals surface area (Å²) in [5.41, 5.74) is 0.680. The highest BCUT2D eigenvalue weighted by Crippen LogP contribution is 2.13. The fourth-order valence-corrected chi connectivity index (χ4v) is 3.52. The van der Waals surface area contributed by atoms with Gasteiger partial charge >= 0.3 is 5.69 Å². The summed E-state index contributed by atoms with van der Waals surface area (Å²) in [6, 6.07) is 6.16. The molecular weight excluding hydrogens is 355 g/mol. The highest BCUT2D eigenvalue weighted by molar-refractivity contribution is 7.98. The van der Waals surface area contributed by atoms with Crippen LogP contribution < -0.4 is 11.0 Å². The number of benzene rings is 1. The zero-order valence-electron chi connectivity index (χ0n) is 14.8. The van der Waals surface area contributed by atoms with Crippen LogP contribution in [0.3, 0.4) is 0 Å². The van der Waals surface area contributed by atoms with Crippen LogP contribution in [0.25, 0.3) is 0 Å². The number of aromatic nitrogens is 3. The zero-order chi connectivity index (χ0) is 18.5. The number of amides is 1. The van der Waals surface area contributed by atoms with Gasteiger partial charge in [0.05, 0.1) is 6.54 Å². The first-order valence-electron chi connectivity index (χ1n) is 8.76. The van der Waals surface area contributed by atoms with E-state index in [1.807, 2.05) is 6.26 Å². The summed E-state index contributed by atoms with van der Waals surface area (Å²) in [7, 11) is 0. The Balaban J connectivity index is 1.64. The lowest BCUT2D eigenvalue weighted by molar-refractivity contribution is -0.121. The molecule has 0 spiro atoms. The molecule has 6 nitrogen and oxygen atoms in total. The second-order valence-electron chi connectivity index (χ2n) is 6.47. The third kappa shape index (κ3) is 4.55. The molecule has 0 fully saturated rings. The molecule has 1 atom stereocenters. The Bertz CT molecular complexity index is 816. The number of hydrogen-bond donors (Lipinski definition) is 1. The molecule has 1 N–H and O–H groups in total. The maximum Gasteiger partial charge on any atom is 0.346 e. The van der Waals surface area contributed by atoms with E-state index < -0.39 is 0 Å². The normalized spacial score (nSPS) is 16.8. The molecule has 1 amide bonds. The molecule has 0 bridgehead atoms. The monoisotopic (exact) mass is 378 g/mol. The van der Waals surface area contributed by atoms with Crippen LogP contribution in [0, 0.1) is 5.82 Å². The van der Waals surface area contributed by atoms with Crippen molar-refractivity contribution >= 4 is 17.7 Å². The van der Waals surface area contributed by atoms with Crippen molar-refractivity contribution in [3.05, 3.63) is 52.0 Å². The van der Waals surface area contributed by atoms with Crippen molar-refractivity contribution < 1.29 is 9.18 Å². The fourth-order valence-electron chi connectivity index (χ4n) is 3.13. The van der Waals surface area contributed by atoms with E-state index >= 15 is 0 Å². The Morgan fingerprint density at radius 1 is 1.35 bits per heavy atom. The van der Waals surface area contributed by atoms with Gasteiger partial charge in [-0.25, -0.2) is 13.9 Å². The Labute approximate surface area is 155 Å². The molecule has 2 aromatic rings. The summed E-state index contributed by atoms with van der Waals surface area (Å²) in [6.45, 7) is 0.874. The van der Waals surface area contributed by atoms with Crippen molar-refractivity contribution in [2.75, 3.05) is 12.0 Å². The number of halogens is 1. The van der Waals surface area contributed by atoms with Crippen LogP contribution in [0.1, 0.15) is 30.7 Å². The lowest BCUT2D eigenvalue weighted by atomic mass is 10.1. The number of rotatable bonds is 6. The van der Waals surface area contributed by atoms with E-state index in [1.54, 1.807) is 28.5 Å². The molecule has 1 aromatic heterocycles. The molecule has 3 rings (SSSR count). The molecule has 1 aromatic carbocycles. The van der Waals surface area contributed by atoms with Crippen LogP contribution >= 0.6 is 11.8 Å². The van der Waals surface area contributed by atoms with Gasteiger partial charge in [0, 0.05) is 31.2 Å². The van der Waals surface area contributed by atoms with Crippen LogP contribution in [-0.2, 0) is 24.3 Å². The first-order valence-corrected chi connectivity index (χ1v) is 10.2. The molecule has 0 saturated carbocycles. The minimum Gasteiger partial charge on any atom is -0.353 e. The van der Waals surface area contributed by atoms with E-state index in [4.69, 9.17) is 0 Å². The van der Waals surface area contributed by atoms with E-state index in [-0.39, 0.29) is 23.5 Å². The molecule has 8 heteroatoms. The Morgan fingerprint density at radius 2 is 2.12 bits per heavy atom. The number of hydrogen-bond acceptors (Lipinski definition) is 4. The van der Waals surface area contributed by atoms with E-state index in [1.165, 1.54) is 16.8 Å². The number of thioether (sulfide) groups is 1.